The molecular weight excluding hydrogens is 258 g/mol. The third-order valence-electron chi connectivity index (χ3n) is 2.57. The number of amides is 1. The van der Waals surface area contributed by atoms with Gasteiger partial charge in [0.05, 0.1) is 12.7 Å². The van der Waals surface area contributed by atoms with Gasteiger partial charge < -0.3 is 10.1 Å². The van der Waals surface area contributed by atoms with E-state index in [1.54, 1.807) is 12.3 Å². The summed E-state index contributed by atoms with van der Waals surface area (Å²) in [5, 5.41) is 2.63. The van der Waals surface area contributed by atoms with Crippen molar-refractivity contribution in [3.8, 4) is 0 Å². The minimum Gasteiger partial charge on any atom is -0.465 e. The van der Waals surface area contributed by atoms with E-state index >= 15 is 0 Å². The van der Waals surface area contributed by atoms with Gasteiger partial charge in [0, 0.05) is 12.4 Å². The molecule has 6 heteroatoms. The SMILES string of the molecule is COC(=O)c1ccc(C(=O)Nc2cc(C)ccn2)nc1. The highest BCUT2D eigenvalue weighted by molar-refractivity contribution is 6.02. The van der Waals surface area contributed by atoms with Crippen molar-refractivity contribution in [3.63, 3.8) is 0 Å². The number of anilines is 1. The van der Waals surface area contributed by atoms with Crippen molar-refractivity contribution < 1.29 is 14.3 Å². The third-order valence-corrected chi connectivity index (χ3v) is 2.57. The van der Waals surface area contributed by atoms with Crippen LogP contribution in [0.3, 0.4) is 0 Å². The number of hydrogen-bond acceptors (Lipinski definition) is 5. The van der Waals surface area contributed by atoms with E-state index in [0.717, 1.165) is 5.56 Å². The Labute approximate surface area is 115 Å². The Kier molecular flexibility index (Phi) is 4.05. The molecular formula is C14H13N3O3. The van der Waals surface area contributed by atoms with Crippen LogP contribution in [0.1, 0.15) is 26.4 Å². The first kappa shape index (κ1) is 13.7. The molecule has 2 heterocycles. The fourth-order valence-electron chi connectivity index (χ4n) is 1.55. The summed E-state index contributed by atoms with van der Waals surface area (Å²) in [5.41, 5.74) is 1.47. The Bertz CT molecular complexity index is 638. The van der Waals surface area contributed by atoms with Crippen molar-refractivity contribution >= 4 is 17.7 Å². The summed E-state index contributed by atoms with van der Waals surface area (Å²) in [4.78, 5) is 31.2. The Morgan fingerprint density at radius 3 is 2.60 bits per heavy atom. The predicted octanol–water partition coefficient (Wildman–Crippen LogP) is 1.82. The van der Waals surface area contributed by atoms with Crippen molar-refractivity contribution in [1.29, 1.82) is 0 Å². The van der Waals surface area contributed by atoms with Gasteiger partial charge in [-0.3, -0.25) is 9.78 Å². The molecule has 0 fully saturated rings. The van der Waals surface area contributed by atoms with Crippen LogP contribution in [0.25, 0.3) is 0 Å². The van der Waals surface area contributed by atoms with Crippen molar-refractivity contribution in [3.05, 3.63) is 53.5 Å². The average Bonchev–Trinajstić information content (AvgIpc) is 2.46. The lowest BCUT2D eigenvalue weighted by Crippen LogP contribution is -2.15. The van der Waals surface area contributed by atoms with Gasteiger partial charge in [0.25, 0.3) is 5.91 Å². The highest BCUT2D eigenvalue weighted by Gasteiger charge is 2.11. The van der Waals surface area contributed by atoms with E-state index in [9.17, 15) is 9.59 Å². The van der Waals surface area contributed by atoms with Gasteiger partial charge in [0.1, 0.15) is 11.5 Å². The van der Waals surface area contributed by atoms with E-state index < -0.39 is 5.97 Å². The summed E-state index contributed by atoms with van der Waals surface area (Å²) in [6, 6.07) is 6.52. The summed E-state index contributed by atoms with van der Waals surface area (Å²) in [7, 11) is 1.28. The quantitative estimate of drug-likeness (QED) is 0.861. The highest BCUT2D eigenvalue weighted by atomic mass is 16.5. The number of nitrogens with one attached hydrogen (secondary N) is 1. The van der Waals surface area contributed by atoms with Crippen LogP contribution in [0, 0.1) is 6.92 Å². The van der Waals surface area contributed by atoms with Crippen LogP contribution in [-0.2, 0) is 4.74 Å². The molecule has 102 valence electrons. The van der Waals surface area contributed by atoms with Crippen molar-refractivity contribution in [2.45, 2.75) is 6.92 Å². The van der Waals surface area contributed by atoms with Crippen LogP contribution in [0.5, 0.6) is 0 Å². The van der Waals surface area contributed by atoms with E-state index in [4.69, 9.17) is 0 Å². The maximum Gasteiger partial charge on any atom is 0.339 e. The van der Waals surface area contributed by atoms with Crippen molar-refractivity contribution in [2.75, 3.05) is 12.4 Å². The van der Waals surface area contributed by atoms with Crippen molar-refractivity contribution in [1.82, 2.24) is 9.97 Å². The van der Waals surface area contributed by atoms with Gasteiger partial charge in [-0.1, -0.05) is 0 Å². The lowest BCUT2D eigenvalue weighted by molar-refractivity contribution is 0.0600. The minimum absolute atomic E-state index is 0.195. The second-order valence-electron chi connectivity index (χ2n) is 4.10. The molecule has 0 bridgehead atoms. The molecule has 0 radical (unpaired) electrons. The standard InChI is InChI=1S/C14H13N3O3/c1-9-5-6-15-12(7-9)17-13(18)11-4-3-10(8-16-11)14(19)20-2/h3-8H,1-2H3,(H,15,17,18). The first-order valence-corrected chi connectivity index (χ1v) is 5.88. The molecule has 0 atom stereocenters. The van der Waals surface area contributed by atoms with Crippen LogP contribution in [0.4, 0.5) is 5.82 Å². The molecule has 1 N–H and O–H groups in total. The molecule has 2 aromatic rings. The largest absolute Gasteiger partial charge is 0.465 e. The normalized spacial score (nSPS) is 9.90. The molecule has 6 nitrogen and oxygen atoms in total. The zero-order chi connectivity index (χ0) is 14.5. The Morgan fingerprint density at radius 1 is 1.20 bits per heavy atom. The molecule has 20 heavy (non-hydrogen) atoms. The molecule has 2 rings (SSSR count). The fourth-order valence-corrected chi connectivity index (χ4v) is 1.55. The van der Waals surface area contributed by atoms with E-state index in [0.29, 0.717) is 5.82 Å². The molecule has 2 aromatic heterocycles. The summed E-state index contributed by atoms with van der Waals surface area (Å²) in [5.74, 6) is -0.432. The predicted molar refractivity (Wildman–Crippen MR) is 72.5 cm³/mol. The van der Waals surface area contributed by atoms with Crippen LogP contribution in [0.2, 0.25) is 0 Å². The van der Waals surface area contributed by atoms with Crippen LogP contribution >= 0.6 is 0 Å². The summed E-state index contributed by atoms with van der Waals surface area (Å²) in [6.45, 7) is 1.90. The van der Waals surface area contributed by atoms with Crippen LogP contribution in [-0.4, -0.2) is 29.0 Å². The summed E-state index contributed by atoms with van der Waals surface area (Å²) in [6.07, 6.45) is 2.91. The third kappa shape index (κ3) is 3.17. The van der Waals surface area contributed by atoms with Crippen molar-refractivity contribution in [2.24, 2.45) is 0 Å². The van der Waals surface area contributed by atoms with Gasteiger partial charge in [0.15, 0.2) is 0 Å². The monoisotopic (exact) mass is 271 g/mol. The maximum absolute atomic E-state index is 11.9. The number of esters is 1. The molecule has 1 amide bonds. The van der Waals surface area contributed by atoms with Gasteiger partial charge >= 0.3 is 5.97 Å². The minimum atomic E-state index is -0.496. The molecule has 0 aliphatic heterocycles. The number of ether oxygens (including phenoxy) is 1. The van der Waals surface area contributed by atoms with Gasteiger partial charge in [-0.15, -0.1) is 0 Å². The fraction of sp³-hybridized carbons (Fsp3) is 0.143. The molecule has 0 aliphatic carbocycles. The first-order valence-electron chi connectivity index (χ1n) is 5.88. The summed E-state index contributed by atoms with van der Waals surface area (Å²) < 4.78 is 4.56. The first-order chi connectivity index (χ1) is 9.60. The number of carbonyl (C=O) groups is 2. The van der Waals surface area contributed by atoms with E-state index in [1.807, 2.05) is 13.0 Å². The zero-order valence-electron chi connectivity index (χ0n) is 11.1. The molecule has 0 saturated carbocycles. The van der Waals surface area contributed by atoms with Gasteiger partial charge in [-0.25, -0.2) is 9.78 Å². The number of aromatic nitrogens is 2. The number of methoxy groups -OCH3 is 1. The highest BCUT2D eigenvalue weighted by Crippen LogP contribution is 2.08. The Morgan fingerprint density at radius 2 is 2.00 bits per heavy atom. The Balaban J connectivity index is 2.11. The molecule has 0 aliphatic rings. The number of aryl methyl sites for hydroxylation is 1. The van der Waals surface area contributed by atoms with Gasteiger partial charge in [0.2, 0.25) is 0 Å². The van der Waals surface area contributed by atoms with E-state index in [1.165, 1.54) is 25.4 Å². The zero-order valence-corrected chi connectivity index (χ0v) is 11.1. The summed E-state index contributed by atoms with van der Waals surface area (Å²) >= 11 is 0. The second-order valence-corrected chi connectivity index (χ2v) is 4.10. The Hall–Kier alpha value is -2.76. The number of hydrogen-bond donors (Lipinski definition) is 1. The van der Waals surface area contributed by atoms with Gasteiger partial charge in [-0.2, -0.15) is 0 Å². The number of carbonyl (C=O) groups excluding carboxylic acids is 2. The van der Waals surface area contributed by atoms with Gasteiger partial charge in [-0.05, 0) is 36.8 Å². The molecule has 0 spiro atoms. The number of nitrogens with zero attached hydrogens (tertiary/aromatic N) is 2. The van der Waals surface area contributed by atoms with Crippen LogP contribution in [0.15, 0.2) is 36.7 Å². The van der Waals surface area contributed by atoms with Crippen LogP contribution < -0.4 is 5.32 Å². The smallest absolute Gasteiger partial charge is 0.339 e. The number of rotatable bonds is 3. The molecule has 0 saturated heterocycles. The average molecular weight is 271 g/mol. The van der Waals surface area contributed by atoms with E-state index in [2.05, 4.69) is 20.0 Å². The topological polar surface area (TPSA) is 81.2 Å². The maximum atomic E-state index is 11.9. The number of pyridine rings is 2. The van der Waals surface area contributed by atoms with E-state index in [-0.39, 0.29) is 17.2 Å². The lowest BCUT2D eigenvalue weighted by Gasteiger charge is -2.05. The second kappa shape index (κ2) is 5.92. The molecule has 0 unspecified atom stereocenters. The molecule has 0 aromatic carbocycles. The lowest BCUT2D eigenvalue weighted by atomic mass is 10.2.